The van der Waals surface area contributed by atoms with Crippen LogP contribution in [0.5, 0.6) is 0 Å². The first kappa shape index (κ1) is 28.3. The Balaban J connectivity index is 1.91. The van der Waals surface area contributed by atoms with Crippen LogP contribution >= 0.6 is 0 Å². The summed E-state index contributed by atoms with van der Waals surface area (Å²) in [7, 11) is -0.486. The van der Waals surface area contributed by atoms with Crippen LogP contribution in [0.25, 0.3) is 0 Å². The average molecular weight is 496 g/mol. The van der Waals surface area contributed by atoms with Crippen molar-refractivity contribution in [2.24, 2.45) is 5.73 Å². The van der Waals surface area contributed by atoms with Gasteiger partial charge in [0.05, 0.1) is 24.9 Å². The van der Waals surface area contributed by atoms with Crippen LogP contribution in [0.2, 0.25) is 12.1 Å². The van der Waals surface area contributed by atoms with Crippen LogP contribution in [0.3, 0.4) is 0 Å². The molecular weight excluding hydrogens is 450 g/mol. The van der Waals surface area contributed by atoms with Crippen molar-refractivity contribution < 1.29 is 31.3 Å². The van der Waals surface area contributed by atoms with Gasteiger partial charge in [-0.2, -0.15) is 0 Å². The lowest BCUT2D eigenvalue weighted by molar-refractivity contribution is -0.0988. The molecule has 3 aliphatic rings. The van der Waals surface area contributed by atoms with Crippen molar-refractivity contribution in [2.45, 2.75) is 57.1 Å². The number of nitrogens with two attached hydrogens (primary N) is 1. The number of hydrogen-bond donors (Lipinski definition) is 2. The molecule has 3 heterocycles. The topological polar surface area (TPSA) is 106 Å². The third kappa shape index (κ3) is 9.00. The maximum absolute atomic E-state index is 6.62. The zero-order valence-corrected chi connectivity index (χ0v) is 22.6. The summed E-state index contributed by atoms with van der Waals surface area (Å²) < 4.78 is 42.0. The van der Waals surface area contributed by atoms with Gasteiger partial charge in [-0.15, -0.1) is 0 Å². The summed E-state index contributed by atoms with van der Waals surface area (Å²) in [5.74, 6) is 0. The minimum Gasteiger partial charge on any atom is -0.379 e. The zero-order chi connectivity index (χ0) is 23.5. The monoisotopic (exact) mass is 495 g/mol. The van der Waals surface area contributed by atoms with Gasteiger partial charge >= 0.3 is 17.6 Å². The lowest BCUT2D eigenvalue weighted by Crippen LogP contribution is -2.62. The molecule has 0 aromatic carbocycles. The van der Waals surface area contributed by atoms with Gasteiger partial charge in [0.15, 0.2) is 0 Å². The Morgan fingerprint density at radius 1 is 0.969 bits per heavy atom. The smallest absolute Gasteiger partial charge is 0.379 e. The van der Waals surface area contributed by atoms with E-state index in [4.69, 9.17) is 37.0 Å². The van der Waals surface area contributed by atoms with Gasteiger partial charge in [0.25, 0.3) is 0 Å². The van der Waals surface area contributed by atoms with Gasteiger partial charge in [-0.25, -0.2) is 0 Å². The maximum atomic E-state index is 6.62. The van der Waals surface area contributed by atoms with Gasteiger partial charge < -0.3 is 42.3 Å². The summed E-state index contributed by atoms with van der Waals surface area (Å²) in [6, 6.07) is 1.50. The third-order valence-electron chi connectivity index (χ3n) is 5.77. The number of nitrogens with one attached hydrogen (secondary N) is 1. The van der Waals surface area contributed by atoms with E-state index in [1.54, 1.807) is 21.3 Å². The van der Waals surface area contributed by atoms with E-state index in [9.17, 15) is 0 Å². The van der Waals surface area contributed by atoms with Crippen LogP contribution in [0, 0.1) is 0 Å². The predicted octanol–water partition coefficient (Wildman–Crippen LogP) is 0.673. The molecule has 12 heteroatoms. The standard InChI is InChI=1S/C20H45N3O7Si2/c1-18-14-23-15-19(2)29-32(28-18,12-6-9-22-10-8-21)30-20(16-23)17-27-11-7-13-31(24-3,25-4)26-5/h18-20,22H,6-17,21H2,1-5H3. The number of fused-ring (bicyclic) bond motifs is 6. The summed E-state index contributed by atoms with van der Waals surface area (Å²) >= 11 is 0. The van der Waals surface area contributed by atoms with E-state index < -0.39 is 17.6 Å². The fourth-order valence-electron chi connectivity index (χ4n) is 4.38. The molecule has 0 radical (unpaired) electrons. The molecule has 3 unspecified atom stereocenters. The predicted molar refractivity (Wildman–Crippen MR) is 127 cm³/mol. The zero-order valence-electron chi connectivity index (χ0n) is 20.6. The van der Waals surface area contributed by atoms with Gasteiger partial charge in [-0.05, 0) is 33.2 Å². The highest BCUT2D eigenvalue weighted by molar-refractivity contribution is 6.61. The summed E-state index contributed by atoms with van der Waals surface area (Å²) in [5.41, 5.74) is 5.58. The molecule has 0 saturated carbocycles. The Kier molecular flexibility index (Phi) is 12.8. The molecule has 190 valence electrons. The SMILES string of the molecule is CO[Si](CCCOCC1CN2CC(C)O[Si](CCCNCCN)(OC(C)C2)O1)(OC)OC. The largest absolute Gasteiger partial charge is 0.501 e. The molecule has 3 fully saturated rings. The van der Waals surface area contributed by atoms with Gasteiger partial charge in [-0.3, -0.25) is 4.90 Å². The quantitative estimate of drug-likeness (QED) is 0.249. The molecule has 0 aliphatic carbocycles. The Bertz CT molecular complexity index is 497. The normalized spacial score (nSPS) is 31.3. The van der Waals surface area contributed by atoms with Crippen molar-refractivity contribution in [3.05, 3.63) is 0 Å². The van der Waals surface area contributed by atoms with Crippen molar-refractivity contribution in [1.29, 1.82) is 0 Å². The van der Waals surface area contributed by atoms with E-state index in [1.165, 1.54) is 0 Å². The second-order valence-corrected chi connectivity index (χ2v) is 14.3. The lowest BCUT2D eigenvalue weighted by Gasteiger charge is -2.46. The van der Waals surface area contributed by atoms with Crippen molar-refractivity contribution in [2.75, 3.05) is 73.8 Å². The Hall–Kier alpha value is 0.0338. The van der Waals surface area contributed by atoms with Crippen LogP contribution in [-0.2, 0) is 31.3 Å². The second-order valence-electron chi connectivity index (χ2n) is 8.61. The fraction of sp³-hybridized carbons (Fsp3) is 1.00. The minimum atomic E-state index is -2.82. The van der Waals surface area contributed by atoms with Crippen LogP contribution in [0.15, 0.2) is 0 Å². The highest BCUT2D eigenvalue weighted by Crippen LogP contribution is 2.29. The molecule has 3 aliphatic heterocycles. The van der Waals surface area contributed by atoms with E-state index in [0.29, 0.717) is 25.8 Å². The Morgan fingerprint density at radius 3 is 2.22 bits per heavy atom. The highest BCUT2D eigenvalue weighted by atomic mass is 28.4. The van der Waals surface area contributed by atoms with Gasteiger partial charge in [0.2, 0.25) is 0 Å². The van der Waals surface area contributed by atoms with Crippen molar-refractivity contribution in [3.63, 3.8) is 0 Å². The van der Waals surface area contributed by atoms with Crippen LogP contribution in [-0.4, -0.2) is 115 Å². The molecule has 3 N–H and O–H groups in total. The number of hydrogen-bond acceptors (Lipinski definition) is 10. The molecular formula is C20H45N3O7Si2. The molecule has 3 rings (SSSR count). The van der Waals surface area contributed by atoms with Crippen molar-refractivity contribution in [3.8, 4) is 0 Å². The molecule has 0 spiro atoms. The van der Waals surface area contributed by atoms with Crippen LogP contribution < -0.4 is 11.1 Å². The first-order valence-corrected chi connectivity index (χ1v) is 15.7. The van der Waals surface area contributed by atoms with E-state index in [2.05, 4.69) is 24.1 Å². The molecule has 10 nitrogen and oxygen atoms in total. The van der Waals surface area contributed by atoms with E-state index >= 15 is 0 Å². The molecule has 3 atom stereocenters. The highest BCUT2D eigenvalue weighted by Gasteiger charge is 2.49. The van der Waals surface area contributed by atoms with Crippen molar-refractivity contribution >= 4 is 17.6 Å². The van der Waals surface area contributed by atoms with Gasteiger partial charge in [-0.1, -0.05) is 0 Å². The number of ether oxygens (including phenoxy) is 1. The summed E-state index contributed by atoms with van der Waals surface area (Å²) in [6.07, 6.45) is 1.83. The molecule has 3 saturated heterocycles. The molecule has 0 amide bonds. The van der Waals surface area contributed by atoms with Crippen LogP contribution in [0.4, 0.5) is 0 Å². The summed E-state index contributed by atoms with van der Waals surface area (Å²) in [4.78, 5) is 2.36. The summed E-state index contributed by atoms with van der Waals surface area (Å²) in [5, 5.41) is 3.35. The number of nitrogens with zero attached hydrogens (tertiary/aromatic N) is 1. The number of rotatable bonds is 15. The Morgan fingerprint density at radius 2 is 1.62 bits per heavy atom. The van der Waals surface area contributed by atoms with E-state index in [1.807, 2.05) is 0 Å². The van der Waals surface area contributed by atoms with E-state index in [-0.39, 0.29) is 18.3 Å². The summed E-state index contributed by atoms with van der Waals surface area (Å²) in [6.45, 7) is 10.2. The maximum Gasteiger partial charge on any atom is 0.501 e. The molecule has 2 bridgehead atoms. The third-order valence-corrected chi connectivity index (χ3v) is 11.8. The van der Waals surface area contributed by atoms with Crippen LogP contribution in [0.1, 0.15) is 26.7 Å². The molecule has 0 aromatic heterocycles. The molecule has 0 aromatic rings. The molecule has 32 heavy (non-hydrogen) atoms. The van der Waals surface area contributed by atoms with Gasteiger partial charge in [0.1, 0.15) is 0 Å². The average Bonchev–Trinajstić information content (AvgIpc) is 2.74. The second kappa shape index (κ2) is 14.4. The Labute approximate surface area is 196 Å². The first-order valence-electron chi connectivity index (χ1n) is 11.8. The fourth-order valence-corrected chi connectivity index (χ4v) is 9.23. The minimum absolute atomic E-state index is 0.0760. The lowest BCUT2D eigenvalue weighted by atomic mass is 10.2. The van der Waals surface area contributed by atoms with Crippen molar-refractivity contribution in [1.82, 2.24) is 10.2 Å². The first-order chi connectivity index (χ1) is 15.4. The van der Waals surface area contributed by atoms with E-state index in [0.717, 1.165) is 51.6 Å². The van der Waals surface area contributed by atoms with Gasteiger partial charge in [0, 0.05) is 72.7 Å².